The third kappa shape index (κ3) is 29.2. The maximum Gasteiger partial charge on any atom is 0.472 e. The van der Waals surface area contributed by atoms with Crippen LogP contribution >= 0.6 is 7.82 Å². The van der Waals surface area contributed by atoms with Crippen LogP contribution in [0.15, 0.2) is 12.2 Å². The van der Waals surface area contributed by atoms with Crippen LogP contribution in [0.5, 0.6) is 0 Å². The maximum absolute atomic E-state index is 13.0. The highest BCUT2D eigenvalue weighted by Gasteiger charge is 2.51. The van der Waals surface area contributed by atoms with Gasteiger partial charge in [-0.05, 0) is 19.3 Å². The average molecular weight is 894 g/mol. The van der Waals surface area contributed by atoms with Gasteiger partial charge >= 0.3 is 7.82 Å². The fourth-order valence-corrected chi connectivity index (χ4v) is 9.03. The van der Waals surface area contributed by atoms with Gasteiger partial charge in [-0.3, -0.25) is 13.8 Å². The minimum absolute atomic E-state index is 0.240. The van der Waals surface area contributed by atoms with Gasteiger partial charge in [0.25, 0.3) is 0 Å². The fourth-order valence-electron chi connectivity index (χ4n) is 8.07. The topological polar surface area (TPSA) is 226 Å². The van der Waals surface area contributed by atoms with Crippen LogP contribution in [0.4, 0.5) is 0 Å². The van der Waals surface area contributed by atoms with Crippen LogP contribution in [0, 0.1) is 0 Å². The third-order valence-electron chi connectivity index (χ3n) is 12.1. The number of carbonyl (C=O) groups is 1. The predicted octanol–water partition coefficient (Wildman–Crippen LogP) is 8.59. The van der Waals surface area contributed by atoms with E-state index in [0.29, 0.717) is 12.8 Å². The van der Waals surface area contributed by atoms with Crippen LogP contribution in [-0.4, -0.2) is 108 Å². The Balaban J connectivity index is 2.52. The first kappa shape index (κ1) is 58.1. The lowest BCUT2D eigenvalue weighted by atomic mass is 9.85. The van der Waals surface area contributed by atoms with Crippen molar-refractivity contribution in [2.75, 3.05) is 6.61 Å². The zero-order chi connectivity index (χ0) is 45.1. The summed E-state index contributed by atoms with van der Waals surface area (Å²) in [6.07, 6.45) is 25.8. The van der Waals surface area contributed by atoms with Crippen molar-refractivity contribution in [3.8, 4) is 0 Å². The largest absolute Gasteiger partial charge is 0.472 e. The van der Waals surface area contributed by atoms with Gasteiger partial charge < -0.3 is 46.0 Å². The first-order valence-electron chi connectivity index (χ1n) is 24.7. The summed E-state index contributed by atoms with van der Waals surface area (Å²) in [5.41, 5.74) is 0. The van der Waals surface area contributed by atoms with Crippen molar-refractivity contribution in [2.24, 2.45) is 0 Å². The van der Waals surface area contributed by atoms with E-state index in [9.17, 15) is 50.0 Å². The minimum Gasteiger partial charge on any atom is -0.393 e. The minimum atomic E-state index is -5.14. The molecule has 1 fully saturated rings. The number of phosphoric ester groups is 1. The standard InChI is InChI=1S/C47H92NO12P/c1-3-5-7-9-11-13-15-17-19-21-23-25-27-29-31-33-35-40(50)39(37-59-61(57,58)60-47-45(55)43(53)42(52)44(54)46(47)56)48-41(51)36-38(49)34-32-30-28-26-24-22-20-18-16-14-12-10-8-6-4-2/h33,35,38-40,42-47,49-50,52-56H,3-32,34,36-37H2,1-2H3,(H,48,51)(H,57,58)/b35-33+. The van der Waals surface area contributed by atoms with Crippen LogP contribution in [-0.2, 0) is 18.4 Å². The number of aliphatic hydroxyl groups is 7. The van der Waals surface area contributed by atoms with E-state index in [1.165, 1.54) is 147 Å². The van der Waals surface area contributed by atoms with Crippen molar-refractivity contribution < 1.29 is 59.0 Å². The molecule has 8 unspecified atom stereocenters. The normalized spacial score (nSPS) is 23.2. The Bertz CT molecular complexity index is 1100. The number of rotatable bonds is 41. The smallest absolute Gasteiger partial charge is 0.393 e. The number of nitrogens with one attached hydrogen (secondary N) is 1. The molecule has 0 aromatic rings. The van der Waals surface area contributed by atoms with Gasteiger partial charge in [-0.2, -0.15) is 0 Å². The molecule has 0 aromatic heterocycles. The SMILES string of the molecule is CCCCCCCCCCCCCCCC/C=C/C(O)C(COP(=O)(O)OC1C(O)C(O)C(O)C(O)C1O)NC(=O)CC(O)CCCCCCCCCCCCCCCCC. The summed E-state index contributed by atoms with van der Waals surface area (Å²) < 4.78 is 22.9. The second kappa shape index (κ2) is 37.3. The fraction of sp³-hybridized carbons (Fsp3) is 0.936. The molecule has 0 bridgehead atoms. The molecule has 1 amide bonds. The molecule has 13 nitrogen and oxygen atoms in total. The van der Waals surface area contributed by atoms with E-state index in [0.717, 1.165) is 44.9 Å². The summed E-state index contributed by atoms with van der Waals surface area (Å²) in [4.78, 5) is 23.5. The average Bonchev–Trinajstić information content (AvgIpc) is 3.23. The summed E-state index contributed by atoms with van der Waals surface area (Å²) in [6.45, 7) is 3.76. The van der Waals surface area contributed by atoms with E-state index >= 15 is 0 Å². The number of allylic oxidation sites excluding steroid dienone is 1. The highest BCUT2D eigenvalue weighted by atomic mass is 31.2. The molecule has 8 atom stereocenters. The zero-order valence-electron chi connectivity index (χ0n) is 38.3. The zero-order valence-corrected chi connectivity index (χ0v) is 39.2. The van der Waals surface area contributed by atoms with Crippen molar-refractivity contribution in [3.05, 3.63) is 12.2 Å². The molecule has 0 aliphatic heterocycles. The number of amides is 1. The summed E-state index contributed by atoms with van der Waals surface area (Å²) >= 11 is 0. The van der Waals surface area contributed by atoms with Crippen LogP contribution in [0.2, 0.25) is 0 Å². The first-order valence-corrected chi connectivity index (χ1v) is 26.2. The van der Waals surface area contributed by atoms with Gasteiger partial charge in [0.1, 0.15) is 36.6 Å². The molecule has 0 heterocycles. The van der Waals surface area contributed by atoms with Crippen LogP contribution in [0.3, 0.4) is 0 Å². The van der Waals surface area contributed by atoms with Crippen molar-refractivity contribution in [1.29, 1.82) is 0 Å². The number of aliphatic hydroxyl groups excluding tert-OH is 7. The van der Waals surface area contributed by atoms with Crippen molar-refractivity contribution in [2.45, 2.75) is 274 Å². The van der Waals surface area contributed by atoms with E-state index in [2.05, 4.69) is 19.2 Å². The molecule has 1 saturated carbocycles. The third-order valence-corrected chi connectivity index (χ3v) is 13.1. The Morgan fingerprint density at radius 3 is 1.34 bits per heavy atom. The Labute approximate surface area is 370 Å². The van der Waals surface area contributed by atoms with Gasteiger partial charge in [0.05, 0.1) is 31.3 Å². The lowest BCUT2D eigenvalue weighted by Gasteiger charge is -2.41. The van der Waals surface area contributed by atoms with Gasteiger partial charge in [-0.1, -0.05) is 206 Å². The highest BCUT2D eigenvalue weighted by Crippen LogP contribution is 2.47. The molecule has 14 heteroatoms. The molecule has 0 spiro atoms. The molecule has 362 valence electrons. The second-order valence-corrected chi connectivity index (χ2v) is 19.3. The lowest BCUT2D eigenvalue weighted by molar-refractivity contribution is -0.220. The second-order valence-electron chi connectivity index (χ2n) is 17.9. The van der Waals surface area contributed by atoms with E-state index in [1.807, 2.05) is 0 Å². The molecule has 1 rings (SSSR count). The van der Waals surface area contributed by atoms with Crippen molar-refractivity contribution in [3.63, 3.8) is 0 Å². The summed E-state index contributed by atoms with van der Waals surface area (Å²) in [6, 6.07) is -1.23. The lowest BCUT2D eigenvalue weighted by Crippen LogP contribution is -2.64. The van der Waals surface area contributed by atoms with E-state index in [4.69, 9.17) is 9.05 Å². The Kier molecular flexibility index (Phi) is 35.5. The molecule has 1 aliphatic carbocycles. The Hall–Kier alpha value is -0.960. The van der Waals surface area contributed by atoms with Gasteiger partial charge in [-0.25, -0.2) is 4.57 Å². The van der Waals surface area contributed by atoms with Gasteiger partial charge in [-0.15, -0.1) is 0 Å². The first-order chi connectivity index (χ1) is 29.3. The van der Waals surface area contributed by atoms with Crippen LogP contribution in [0.25, 0.3) is 0 Å². The Morgan fingerprint density at radius 1 is 0.574 bits per heavy atom. The quantitative estimate of drug-likeness (QED) is 0.0160. The number of hydrogen-bond acceptors (Lipinski definition) is 11. The number of hydrogen-bond donors (Lipinski definition) is 9. The molecule has 0 radical (unpaired) electrons. The molecular formula is C47H92NO12P. The van der Waals surface area contributed by atoms with Gasteiger partial charge in [0.2, 0.25) is 5.91 Å². The maximum atomic E-state index is 13.0. The van der Waals surface area contributed by atoms with Crippen LogP contribution < -0.4 is 5.32 Å². The van der Waals surface area contributed by atoms with Crippen molar-refractivity contribution in [1.82, 2.24) is 5.32 Å². The molecule has 1 aliphatic rings. The molecule has 0 saturated heterocycles. The Morgan fingerprint density at radius 2 is 0.934 bits per heavy atom. The van der Waals surface area contributed by atoms with E-state index in [-0.39, 0.29) is 6.42 Å². The summed E-state index contributed by atoms with van der Waals surface area (Å²) in [7, 11) is -5.14. The number of phosphoric acid groups is 1. The van der Waals surface area contributed by atoms with E-state index in [1.54, 1.807) is 6.08 Å². The number of unbranched alkanes of at least 4 members (excludes halogenated alkanes) is 28. The molecular weight excluding hydrogens is 801 g/mol. The predicted molar refractivity (Wildman–Crippen MR) is 243 cm³/mol. The van der Waals surface area contributed by atoms with E-state index < -0.39 is 75.2 Å². The highest BCUT2D eigenvalue weighted by molar-refractivity contribution is 7.47. The summed E-state index contributed by atoms with van der Waals surface area (Å²) in [5.74, 6) is -0.589. The molecule has 0 aromatic carbocycles. The van der Waals surface area contributed by atoms with Gasteiger partial charge in [0.15, 0.2) is 0 Å². The van der Waals surface area contributed by atoms with Crippen LogP contribution in [0.1, 0.15) is 219 Å². The molecule has 61 heavy (non-hydrogen) atoms. The van der Waals surface area contributed by atoms with Gasteiger partial charge in [0, 0.05) is 0 Å². The number of carbonyl (C=O) groups excluding carboxylic acids is 1. The summed E-state index contributed by atoms with van der Waals surface area (Å²) in [5, 5.41) is 74.5. The monoisotopic (exact) mass is 894 g/mol. The van der Waals surface area contributed by atoms with Crippen molar-refractivity contribution >= 4 is 13.7 Å². The molecule has 9 N–H and O–H groups in total.